The zero-order valence-electron chi connectivity index (χ0n) is 7.82. The first kappa shape index (κ1) is 10.2. The van der Waals surface area contributed by atoms with Gasteiger partial charge in [0.1, 0.15) is 5.75 Å². The number of esters is 1. The Kier molecular flexibility index (Phi) is 3.23. The summed E-state index contributed by atoms with van der Waals surface area (Å²) in [5, 5.41) is 0. The Hall–Kier alpha value is -1.84. The zero-order chi connectivity index (χ0) is 10.6. The van der Waals surface area contributed by atoms with E-state index in [1.54, 1.807) is 19.1 Å². The van der Waals surface area contributed by atoms with Gasteiger partial charge in [0, 0.05) is 6.42 Å². The highest BCUT2D eigenvalue weighted by Crippen LogP contribution is 2.17. The van der Waals surface area contributed by atoms with Gasteiger partial charge in [0.2, 0.25) is 0 Å². The summed E-state index contributed by atoms with van der Waals surface area (Å²) in [5.41, 5.74) is 5.32. The van der Waals surface area contributed by atoms with Gasteiger partial charge in [-0.3, -0.25) is 9.59 Å². The van der Waals surface area contributed by atoms with Crippen molar-refractivity contribution in [1.82, 2.24) is 0 Å². The minimum atomic E-state index is -0.607. The first-order chi connectivity index (χ1) is 6.65. The van der Waals surface area contributed by atoms with Gasteiger partial charge in [0.05, 0.1) is 5.56 Å². The zero-order valence-corrected chi connectivity index (χ0v) is 7.82. The third-order valence-corrected chi connectivity index (χ3v) is 1.66. The fourth-order valence-electron chi connectivity index (χ4n) is 0.954. The van der Waals surface area contributed by atoms with Crippen LogP contribution >= 0.6 is 0 Å². The van der Waals surface area contributed by atoms with Crippen molar-refractivity contribution in [3.05, 3.63) is 29.8 Å². The lowest BCUT2D eigenvalue weighted by Crippen LogP contribution is -2.15. The molecule has 0 fully saturated rings. The van der Waals surface area contributed by atoms with Crippen LogP contribution in [0.4, 0.5) is 0 Å². The fourth-order valence-corrected chi connectivity index (χ4v) is 0.954. The third kappa shape index (κ3) is 2.32. The number of benzene rings is 1. The second kappa shape index (κ2) is 4.41. The van der Waals surface area contributed by atoms with Gasteiger partial charge in [-0.25, -0.2) is 0 Å². The number of carbonyl (C=O) groups is 2. The maximum absolute atomic E-state index is 11.0. The number of nitrogens with two attached hydrogens (primary N) is 1. The van der Waals surface area contributed by atoms with Crippen molar-refractivity contribution >= 4 is 11.9 Å². The number of primary amides is 1. The lowest BCUT2D eigenvalue weighted by molar-refractivity contribution is -0.134. The molecule has 0 atom stereocenters. The molecular formula is C10H11NO3. The van der Waals surface area contributed by atoms with Gasteiger partial charge in [-0.2, -0.15) is 0 Å². The van der Waals surface area contributed by atoms with E-state index in [1.807, 2.05) is 0 Å². The molecule has 0 saturated carbocycles. The molecule has 1 aromatic rings. The smallest absolute Gasteiger partial charge is 0.310 e. The van der Waals surface area contributed by atoms with Crippen LogP contribution in [0.5, 0.6) is 5.75 Å². The predicted molar refractivity (Wildman–Crippen MR) is 50.9 cm³/mol. The van der Waals surface area contributed by atoms with Crippen LogP contribution in [0.1, 0.15) is 23.7 Å². The summed E-state index contributed by atoms with van der Waals surface area (Å²) in [6.45, 7) is 1.68. The van der Waals surface area contributed by atoms with Crippen molar-refractivity contribution in [2.24, 2.45) is 5.73 Å². The van der Waals surface area contributed by atoms with Crippen molar-refractivity contribution in [1.29, 1.82) is 0 Å². The molecule has 0 spiro atoms. The molecule has 1 aromatic carbocycles. The highest BCUT2D eigenvalue weighted by molar-refractivity contribution is 5.96. The van der Waals surface area contributed by atoms with Gasteiger partial charge in [-0.05, 0) is 12.1 Å². The summed E-state index contributed by atoms with van der Waals surface area (Å²) in [6.07, 6.45) is 0.257. The molecule has 74 valence electrons. The van der Waals surface area contributed by atoms with E-state index in [0.29, 0.717) is 0 Å². The number of rotatable bonds is 3. The molecule has 4 nitrogen and oxygen atoms in total. The molecular weight excluding hydrogens is 182 g/mol. The van der Waals surface area contributed by atoms with Crippen molar-refractivity contribution in [3.8, 4) is 5.75 Å². The molecule has 0 aliphatic carbocycles. The van der Waals surface area contributed by atoms with E-state index in [2.05, 4.69) is 0 Å². The Morgan fingerprint density at radius 3 is 2.57 bits per heavy atom. The normalized spacial score (nSPS) is 9.50. The minimum absolute atomic E-state index is 0.215. The van der Waals surface area contributed by atoms with Crippen molar-refractivity contribution < 1.29 is 14.3 Å². The summed E-state index contributed by atoms with van der Waals surface area (Å²) < 4.78 is 4.92. The molecule has 0 aromatic heterocycles. The molecule has 0 saturated heterocycles. The van der Waals surface area contributed by atoms with Crippen LogP contribution in [0.3, 0.4) is 0 Å². The highest BCUT2D eigenvalue weighted by atomic mass is 16.5. The van der Waals surface area contributed by atoms with E-state index in [-0.39, 0.29) is 17.7 Å². The van der Waals surface area contributed by atoms with E-state index in [1.165, 1.54) is 12.1 Å². The monoisotopic (exact) mass is 193 g/mol. The van der Waals surface area contributed by atoms with Crippen LogP contribution in [0.15, 0.2) is 24.3 Å². The van der Waals surface area contributed by atoms with E-state index < -0.39 is 11.9 Å². The summed E-state index contributed by atoms with van der Waals surface area (Å²) in [6, 6.07) is 6.38. The number of para-hydroxylation sites is 1. The summed E-state index contributed by atoms with van der Waals surface area (Å²) in [5.74, 6) is -0.782. The van der Waals surface area contributed by atoms with Gasteiger partial charge >= 0.3 is 5.97 Å². The Morgan fingerprint density at radius 1 is 1.36 bits per heavy atom. The lowest BCUT2D eigenvalue weighted by atomic mass is 10.2. The molecule has 4 heteroatoms. The first-order valence-electron chi connectivity index (χ1n) is 4.24. The minimum Gasteiger partial charge on any atom is -0.426 e. The van der Waals surface area contributed by atoms with Gasteiger partial charge in [-0.1, -0.05) is 19.1 Å². The topological polar surface area (TPSA) is 69.4 Å². The van der Waals surface area contributed by atoms with Crippen LogP contribution in [0, 0.1) is 0 Å². The summed E-state index contributed by atoms with van der Waals surface area (Å²) >= 11 is 0. The van der Waals surface area contributed by atoms with E-state index in [9.17, 15) is 9.59 Å². The van der Waals surface area contributed by atoms with Crippen molar-refractivity contribution in [3.63, 3.8) is 0 Å². The van der Waals surface area contributed by atoms with Crippen LogP contribution < -0.4 is 10.5 Å². The van der Waals surface area contributed by atoms with Gasteiger partial charge in [0.25, 0.3) is 5.91 Å². The third-order valence-electron chi connectivity index (χ3n) is 1.66. The number of hydrogen-bond donors (Lipinski definition) is 1. The van der Waals surface area contributed by atoms with Crippen LogP contribution in [-0.4, -0.2) is 11.9 Å². The van der Waals surface area contributed by atoms with E-state index in [4.69, 9.17) is 10.5 Å². The van der Waals surface area contributed by atoms with Crippen LogP contribution in [-0.2, 0) is 4.79 Å². The molecule has 0 aliphatic heterocycles. The maximum atomic E-state index is 11.0. The molecule has 0 heterocycles. The standard InChI is InChI=1S/C10H11NO3/c1-2-9(12)14-8-6-4-3-5-7(8)10(11)13/h3-6H,2H2,1H3,(H2,11,13). The molecule has 0 radical (unpaired) electrons. The molecule has 1 amide bonds. The van der Waals surface area contributed by atoms with E-state index >= 15 is 0 Å². The van der Waals surface area contributed by atoms with Gasteiger partial charge in [-0.15, -0.1) is 0 Å². The number of ether oxygens (including phenoxy) is 1. The van der Waals surface area contributed by atoms with Crippen LogP contribution in [0.2, 0.25) is 0 Å². The highest BCUT2D eigenvalue weighted by Gasteiger charge is 2.10. The van der Waals surface area contributed by atoms with Crippen molar-refractivity contribution in [2.75, 3.05) is 0 Å². The van der Waals surface area contributed by atoms with E-state index in [0.717, 1.165) is 0 Å². The SMILES string of the molecule is CCC(=O)Oc1ccccc1C(N)=O. The molecule has 1 rings (SSSR count). The molecule has 0 aliphatic rings. The number of amides is 1. The Labute approximate surface area is 81.7 Å². The van der Waals surface area contributed by atoms with Gasteiger partial charge in [0.15, 0.2) is 0 Å². The average Bonchev–Trinajstić information content (AvgIpc) is 2.18. The number of hydrogen-bond acceptors (Lipinski definition) is 3. The molecule has 0 unspecified atom stereocenters. The lowest BCUT2D eigenvalue weighted by Gasteiger charge is -2.05. The molecule has 2 N–H and O–H groups in total. The second-order valence-corrected chi connectivity index (χ2v) is 2.69. The Balaban J connectivity index is 2.95. The Morgan fingerprint density at radius 2 is 2.00 bits per heavy atom. The summed E-state index contributed by atoms with van der Waals surface area (Å²) in [7, 11) is 0. The second-order valence-electron chi connectivity index (χ2n) is 2.69. The van der Waals surface area contributed by atoms with Crippen LogP contribution in [0.25, 0.3) is 0 Å². The van der Waals surface area contributed by atoms with Crippen molar-refractivity contribution in [2.45, 2.75) is 13.3 Å². The fraction of sp³-hybridized carbons (Fsp3) is 0.200. The summed E-state index contributed by atoms with van der Waals surface area (Å²) in [4.78, 5) is 21.9. The Bertz CT molecular complexity index is 360. The maximum Gasteiger partial charge on any atom is 0.310 e. The number of carbonyl (C=O) groups excluding carboxylic acids is 2. The van der Waals surface area contributed by atoms with Gasteiger partial charge < -0.3 is 10.5 Å². The first-order valence-corrected chi connectivity index (χ1v) is 4.24. The largest absolute Gasteiger partial charge is 0.426 e. The average molecular weight is 193 g/mol. The molecule has 0 bridgehead atoms. The predicted octanol–water partition coefficient (Wildman–Crippen LogP) is 1.10. The quantitative estimate of drug-likeness (QED) is 0.577. The molecule has 14 heavy (non-hydrogen) atoms.